The van der Waals surface area contributed by atoms with E-state index in [1.807, 2.05) is 0 Å². The van der Waals surface area contributed by atoms with Gasteiger partial charge in [-0.15, -0.1) is 0 Å². The first-order valence-electron chi connectivity index (χ1n) is 5.30. The molecule has 0 aliphatic carbocycles. The SMILES string of the molecule is O=C(O)Cc1ccc(-c2cc(Cl)ccc2Cl)nc1Cl. The van der Waals surface area contributed by atoms with E-state index < -0.39 is 5.97 Å². The van der Waals surface area contributed by atoms with Crippen molar-refractivity contribution >= 4 is 40.8 Å². The van der Waals surface area contributed by atoms with Gasteiger partial charge in [0.2, 0.25) is 0 Å². The minimum atomic E-state index is -0.961. The van der Waals surface area contributed by atoms with Gasteiger partial charge in [-0.05, 0) is 24.3 Å². The fraction of sp³-hybridized carbons (Fsp3) is 0.0769. The van der Waals surface area contributed by atoms with Crippen molar-refractivity contribution in [1.29, 1.82) is 0 Å². The standard InChI is InChI=1S/C13H8Cl3NO2/c14-8-2-3-10(15)9(6-8)11-4-1-7(5-12(18)19)13(16)17-11/h1-4,6H,5H2,(H,18,19). The zero-order chi connectivity index (χ0) is 14.0. The molecule has 0 radical (unpaired) electrons. The Morgan fingerprint density at radius 3 is 2.53 bits per heavy atom. The Hall–Kier alpha value is -1.29. The molecule has 0 fully saturated rings. The van der Waals surface area contributed by atoms with Gasteiger partial charge in [0.1, 0.15) is 5.15 Å². The molecule has 1 aromatic heterocycles. The average molecular weight is 317 g/mol. The molecule has 19 heavy (non-hydrogen) atoms. The Morgan fingerprint density at radius 2 is 1.89 bits per heavy atom. The molecule has 0 bridgehead atoms. The van der Waals surface area contributed by atoms with Crippen LogP contribution < -0.4 is 0 Å². The van der Waals surface area contributed by atoms with Crippen molar-refractivity contribution < 1.29 is 9.90 Å². The monoisotopic (exact) mass is 315 g/mol. The lowest BCUT2D eigenvalue weighted by Gasteiger charge is -2.07. The summed E-state index contributed by atoms with van der Waals surface area (Å²) in [7, 11) is 0. The molecule has 2 rings (SSSR count). The summed E-state index contributed by atoms with van der Waals surface area (Å²) in [6.45, 7) is 0. The summed E-state index contributed by atoms with van der Waals surface area (Å²) in [6.07, 6.45) is -0.171. The van der Waals surface area contributed by atoms with Crippen molar-refractivity contribution in [3.8, 4) is 11.3 Å². The number of aromatic nitrogens is 1. The molecule has 0 amide bonds. The molecular formula is C13H8Cl3NO2. The van der Waals surface area contributed by atoms with Gasteiger partial charge < -0.3 is 5.11 Å². The summed E-state index contributed by atoms with van der Waals surface area (Å²) in [6, 6.07) is 8.31. The molecule has 3 nitrogen and oxygen atoms in total. The van der Waals surface area contributed by atoms with E-state index in [9.17, 15) is 4.79 Å². The molecule has 0 saturated carbocycles. The first-order chi connectivity index (χ1) is 8.97. The molecule has 0 aliphatic rings. The van der Waals surface area contributed by atoms with Crippen molar-refractivity contribution in [3.63, 3.8) is 0 Å². The molecule has 1 heterocycles. The Labute approximate surface area is 124 Å². The third kappa shape index (κ3) is 3.38. The van der Waals surface area contributed by atoms with Gasteiger partial charge in [-0.3, -0.25) is 4.79 Å². The van der Waals surface area contributed by atoms with E-state index in [-0.39, 0.29) is 11.6 Å². The molecule has 1 N–H and O–H groups in total. The highest BCUT2D eigenvalue weighted by Gasteiger charge is 2.11. The number of rotatable bonds is 3. The van der Waals surface area contributed by atoms with Crippen LogP contribution in [-0.4, -0.2) is 16.1 Å². The average Bonchev–Trinajstić information content (AvgIpc) is 2.34. The van der Waals surface area contributed by atoms with Gasteiger partial charge in [-0.1, -0.05) is 40.9 Å². The Bertz CT molecular complexity index is 644. The number of hydrogen-bond donors (Lipinski definition) is 1. The minimum absolute atomic E-state index is 0.149. The van der Waals surface area contributed by atoms with E-state index >= 15 is 0 Å². The van der Waals surface area contributed by atoms with Crippen LogP contribution in [0.2, 0.25) is 15.2 Å². The summed E-state index contributed by atoms with van der Waals surface area (Å²) >= 11 is 17.9. The predicted octanol–water partition coefficient (Wildman–Crippen LogP) is 4.34. The number of carboxylic acid groups (broad SMARTS) is 1. The number of nitrogens with zero attached hydrogens (tertiary/aromatic N) is 1. The highest BCUT2D eigenvalue weighted by molar-refractivity contribution is 6.35. The Kier molecular flexibility index (Phi) is 4.30. The smallest absolute Gasteiger partial charge is 0.307 e. The van der Waals surface area contributed by atoms with Crippen LogP contribution in [-0.2, 0) is 11.2 Å². The van der Waals surface area contributed by atoms with Gasteiger partial charge in [-0.25, -0.2) is 4.98 Å². The van der Waals surface area contributed by atoms with Gasteiger partial charge in [0.05, 0.1) is 17.1 Å². The van der Waals surface area contributed by atoms with E-state index in [1.165, 1.54) is 0 Å². The van der Waals surface area contributed by atoms with Gasteiger partial charge in [-0.2, -0.15) is 0 Å². The minimum Gasteiger partial charge on any atom is -0.481 e. The highest BCUT2D eigenvalue weighted by Crippen LogP contribution is 2.30. The number of halogens is 3. The van der Waals surface area contributed by atoms with Crippen molar-refractivity contribution in [2.24, 2.45) is 0 Å². The van der Waals surface area contributed by atoms with E-state index in [4.69, 9.17) is 39.9 Å². The highest BCUT2D eigenvalue weighted by atomic mass is 35.5. The number of carboxylic acids is 1. The van der Waals surface area contributed by atoms with Crippen LogP contribution in [0.3, 0.4) is 0 Å². The third-order valence-corrected chi connectivity index (χ3v) is 3.36. The summed E-state index contributed by atoms with van der Waals surface area (Å²) in [5.74, 6) is -0.961. The van der Waals surface area contributed by atoms with Crippen LogP contribution in [0.1, 0.15) is 5.56 Å². The molecule has 0 atom stereocenters. The van der Waals surface area contributed by atoms with Gasteiger partial charge in [0.15, 0.2) is 0 Å². The molecule has 2 aromatic rings. The summed E-state index contributed by atoms with van der Waals surface area (Å²) < 4.78 is 0. The molecule has 6 heteroatoms. The molecular weight excluding hydrogens is 309 g/mol. The Morgan fingerprint density at radius 1 is 1.16 bits per heavy atom. The number of pyridine rings is 1. The first kappa shape index (κ1) is 14.1. The maximum atomic E-state index is 10.6. The fourth-order valence-corrected chi connectivity index (χ4v) is 2.21. The molecule has 0 saturated heterocycles. The summed E-state index contributed by atoms with van der Waals surface area (Å²) in [4.78, 5) is 14.8. The third-order valence-electron chi connectivity index (χ3n) is 2.47. The number of aliphatic carboxylic acids is 1. The van der Waals surface area contributed by atoms with Crippen LogP contribution in [0.4, 0.5) is 0 Å². The summed E-state index contributed by atoms with van der Waals surface area (Å²) in [5.41, 5.74) is 1.65. The van der Waals surface area contributed by atoms with Gasteiger partial charge in [0, 0.05) is 16.1 Å². The summed E-state index contributed by atoms with van der Waals surface area (Å²) in [5, 5.41) is 9.92. The van der Waals surface area contributed by atoms with E-state index in [0.717, 1.165) is 0 Å². The normalized spacial score (nSPS) is 10.5. The topological polar surface area (TPSA) is 50.2 Å². The first-order valence-corrected chi connectivity index (χ1v) is 6.43. The lowest BCUT2D eigenvalue weighted by Crippen LogP contribution is -2.02. The van der Waals surface area contributed by atoms with Crippen LogP contribution in [0.25, 0.3) is 11.3 Å². The maximum Gasteiger partial charge on any atom is 0.307 e. The van der Waals surface area contributed by atoms with E-state index in [2.05, 4.69) is 4.98 Å². The van der Waals surface area contributed by atoms with Crippen LogP contribution in [0, 0.1) is 0 Å². The number of carbonyl (C=O) groups is 1. The predicted molar refractivity (Wildman–Crippen MR) is 76.0 cm³/mol. The Balaban J connectivity index is 2.44. The molecule has 0 spiro atoms. The van der Waals surface area contributed by atoms with Crippen LogP contribution >= 0.6 is 34.8 Å². The maximum absolute atomic E-state index is 10.6. The number of hydrogen-bond acceptors (Lipinski definition) is 2. The second-order valence-electron chi connectivity index (χ2n) is 3.84. The van der Waals surface area contributed by atoms with Gasteiger partial charge >= 0.3 is 5.97 Å². The van der Waals surface area contributed by atoms with Crippen molar-refractivity contribution in [3.05, 3.63) is 51.1 Å². The van der Waals surface area contributed by atoms with E-state index in [0.29, 0.717) is 26.9 Å². The quantitative estimate of drug-likeness (QED) is 0.857. The molecule has 0 unspecified atom stereocenters. The number of benzene rings is 1. The lowest BCUT2D eigenvalue weighted by molar-refractivity contribution is -0.136. The van der Waals surface area contributed by atoms with Crippen LogP contribution in [0.15, 0.2) is 30.3 Å². The molecule has 0 aliphatic heterocycles. The van der Waals surface area contributed by atoms with Gasteiger partial charge in [0.25, 0.3) is 0 Å². The van der Waals surface area contributed by atoms with E-state index in [1.54, 1.807) is 30.3 Å². The largest absolute Gasteiger partial charge is 0.481 e. The van der Waals surface area contributed by atoms with Crippen molar-refractivity contribution in [2.45, 2.75) is 6.42 Å². The van der Waals surface area contributed by atoms with Crippen LogP contribution in [0.5, 0.6) is 0 Å². The zero-order valence-electron chi connectivity index (χ0n) is 9.53. The lowest BCUT2D eigenvalue weighted by atomic mass is 10.1. The zero-order valence-corrected chi connectivity index (χ0v) is 11.8. The van der Waals surface area contributed by atoms with Crippen molar-refractivity contribution in [2.75, 3.05) is 0 Å². The molecule has 98 valence electrons. The van der Waals surface area contributed by atoms with Crippen molar-refractivity contribution in [1.82, 2.24) is 4.98 Å². The second-order valence-corrected chi connectivity index (χ2v) is 5.04. The molecule has 1 aromatic carbocycles. The fourth-order valence-electron chi connectivity index (χ4n) is 1.60. The second kappa shape index (κ2) is 5.78.